The van der Waals surface area contributed by atoms with Crippen molar-refractivity contribution in [3.05, 3.63) is 15.6 Å². The molecule has 1 aromatic rings. The zero-order valence-corrected chi connectivity index (χ0v) is 9.44. The molecule has 0 spiro atoms. The maximum absolute atomic E-state index is 10.6. The molecule has 0 bridgehead atoms. The number of nitrogens with zero attached hydrogens (tertiary/aromatic N) is 1. The number of amides is 1. The molecule has 0 aliphatic carbocycles. The highest BCUT2D eigenvalue weighted by molar-refractivity contribution is 7.11. The number of thiazole rings is 1. The fourth-order valence-electron chi connectivity index (χ4n) is 1.30. The van der Waals surface area contributed by atoms with E-state index in [0.29, 0.717) is 0 Å². The Bertz CT molecular complexity index is 335. The maximum Gasteiger partial charge on any atom is 0.231 e. The van der Waals surface area contributed by atoms with E-state index in [-0.39, 0.29) is 18.5 Å². The second-order valence-electron chi connectivity index (χ2n) is 3.25. The zero-order chi connectivity index (χ0) is 10.7. The van der Waals surface area contributed by atoms with Crippen molar-refractivity contribution in [1.82, 2.24) is 10.3 Å². The first-order valence-electron chi connectivity index (χ1n) is 4.46. The van der Waals surface area contributed by atoms with E-state index in [1.54, 1.807) is 11.3 Å². The van der Waals surface area contributed by atoms with Gasteiger partial charge in [-0.1, -0.05) is 0 Å². The van der Waals surface area contributed by atoms with Gasteiger partial charge in [0.15, 0.2) is 0 Å². The van der Waals surface area contributed by atoms with Crippen molar-refractivity contribution in [2.45, 2.75) is 26.8 Å². The molecule has 0 saturated carbocycles. The van der Waals surface area contributed by atoms with Crippen molar-refractivity contribution in [2.24, 2.45) is 5.73 Å². The van der Waals surface area contributed by atoms with Gasteiger partial charge < -0.3 is 11.1 Å². The molecule has 1 amide bonds. The minimum Gasteiger partial charge on any atom is -0.369 e. The average Bonchev–Trinajstić information content (AvgIpc) is 2.41. The molecule has 1 rings (SSSR count). The molecule has 1 heterocycles. The van der Waals surface area contributed by atoms with Gasteiger partial charge in [-0.2, -0.15) is 0 Å². The smallest absolute Gasteiger partial charge is 0.231 e. The van der Waals surface area contributed by atoms with Crippen LogP contribution >= 0.6 is 11.3 Å². The van der Waals surface area contributed by atoms with Gasteiger partial charge >= 0.3 is 0 Å². The number of carbonyl (C=O) groups excluding carboxylic acids is 1. The van der Waals surface area contributed by atoms with Gasteiger partial charge in [0, 0.05) is 10.9 Å². The summed E-state index contributed by atoms with van der Waals surface area (Å²) >= 11 is 1.65. The number of primary amides is 1. The summed E-state index contributed by atoms with van der Waals surface area (Å²) in [6.07, 6.45) is 0. The molecule has 4 nitrogen and oxygen atoms in total. The average molecular weight is 213 g/mol. The van der Waals surface area contributed by atoms with Gasteiger partial charge in [0.1, 0.15) is 0 Å². The van der Waals surface area contributed by atoms with Crippen molar-refractivity contribution in [3.8, 4) is 0 Å². The fourth-order valence-corrected chi connectivity index (χ4v) is 2.25. The van der Waals surface area contributed by atoms with E-state index in [0.717, 1.165) is 10.7 Å². The first-order chi connectivity index (χ1) is 6.50. The molecule has 0 radical (unpaired) electrons. The molecule has 0 aliphatic heterocycles. The third-order valence-electron chi connectivity index (χ3n) is 1.92. The lowest BCUT2D eigenvalue weighted by Gasteiger charge is -2.10. The highest BCUT2D eigenvalue weighted by Crippen LogP contribution is 2.23. The molecule has 0 aromatic carbocycles. The predicted molar refractivity (Wildman–Crippen MR) is 57.2 cm³/mol. The Morgan fingerprint density at radius 1 is 1.64 bits per heavy atom. The van der Waals surface area contributed by atoms with Gasteiger partial charge in [0.25, 0.3) is 0 Å². The van der Waals surface area contributed by atoms with E-state index in [2.05, 4.69) is 10.3 Å². The summed E-state index contributed by atoms with van der Waals surface area (Å²) in [5.74, 6) is -0.337. The van der Waals surface area contributed by atoms with E-state index in [1.165, 1.54) is 4.88 Å². The van der Waals surface area contributed by atoms with Crippen LogP contribution < -0.4 is 11.1 Å². The molecule has 14 heavy (non-hydrogen) atoms. The van der Waals surface area contributed by atoms with Crippen LogP contribution in [0.25, 0.3) is 0 Å². The monoisotopic (exact) mass is 213 g/mol. The largest absolute Gasteiger partial charge is 0.369 e. The van der Waals surface area contributed by atoms with Gasteiger partial charge in [0.2, 0.25) is 5.91 Å². The van der Waals surface area contributed by atoms with E-state index in [4.69, 9.17) is 5.73 Å². The molecule has 1 atom stereocenters. The van der Waals surface area contributed by atoms with E-state index < -0.39 is 0 Å². The van der Waals surface area contributed by atoms with Crippen LogP contribution in [-0.4, -0.2) is 17.4 Å². The number of hydrogen-bond donors (Lipinski definition) is 2. The summed E-state index contributed by atoms with van der Waals surface area (Å²) in [6, 6.07) is 0.133. The highest BCUT2D eigenvalue weighted by Gasteiger charge is 2.12. The van der Waals surface area contributed by atoms with Crippen LogP contribution in [0.5, 0.6) is 0 Å². The van der Waals surface area contributed by atoms with Crippen LogP contribution in [0.1, 0.15) is 28.5 Å². The highest BCUT2D eigenvalue weighted by atomic mass is 32.1. The van der Waals surface area contributed by atoms with Crippen LogP contribution in [-0.2, 0) is 4.79 Å². The molecular formula is C9H15N3OS. The number of nitrogens with one attached hydrogen (secondary N) is 1. The molecule has 1 unspecified atom stereocenters. The van der Waals surface area contributed by atoms with Gasteiger partial charge in [-0.3, -0.25) is 4.79 Å². The first-order valence-corrected chi connectivity index (χ1v) is 5.28. The molecule has 78 valence electrons. The van der Waals surface area contributed by atoms with Crippen molar-refractivity contribution in [2.75, 3.05) is 6.54 Å². The lowest BCUT2D eigenvalue weighted by molar-refractivity contribution is -0.117. The van der Waals surface area contributed by atoms with Crippen LogP contribution in [0.15, 0.2) is 0 Å². The molecule has 1 aromatic heterocycles. The van der Waals surface area contributed by atoms with Crippen molar-refractivity contribution in [1.29, 1.82) is 0 Å². The summed E-state index contributed by atoms with van der Waals surface area (Å²) in [5, 5.41) is 4.09. The van der Waals surface area contributed by atoms with Gasteiger partial charge in [-0.05, 0) is 20.8 Å². The normalized spacial score (nSPS) is 12.8. The molecule has 0 aliphatic rings. The lowest BCUT2D eigenvalue weighted by atomic mass is 10.2. The Morgan fingerprint density at radius 3 is 2.71 bits per heavy atom. The Morgan fingerprint density at radius 2 is 2.29 bits per heavy atom. The van der Waals surface area contributed by atoms with E-state index in [1.807, 2.05) is 20.8 Å². The summed E-state index contributed by atoms with van der Waals surface area (Å²) in [4.78, 5) is 16.1. The minimum absolute atomic E-state index is 0.133. The quantitative estimate of drug-likeness (QED) is 0.780. The Hall–Kier alpha value is -0.940. The number of nitrogens with two attached hydrogens (primary N) is 1. The summed E-state index contributed by atoms with van der Waals surface area (Å²) in [5.41, 5.74) is 6.07. The number of aryl methyl sites for hydroxylation is 2. The van der Waals surface area contributed by atoms with Crippen molar-refractivity contribution >= 4 is 17.2 Å². The van der Waals surface area contributed by atoms with Gasteiger partial charge in [0.05, 0.1) is 17.2 Å². The number of rotatable bonds is 4. The van der Waals surface area contributed by atoms with Gasteiger partial charge in [-0.25, -0.2) is 4.98 Å². The summed E-state index contributed by atoms with van der Waals surface area (Å²) in [6.45, 7) is 6.16. The third kappa shape index (κ3) is 2.78. The molecular weight excluding hydrogens is 198 g/mol. The summed E-state index contributed by atoms with van der Waals surface area (Å²) in [7, 11) is 0. The second kappa shape index (κ2) is 4.52. The maximum atomic E-state index is 10.6. The SMILES string of the molecule is Cc1nc(C)c(C(C)NCC(N)=O)s1. The third-order valence-corrected chi connectivity index (χ3v) is 3.17. The van der Waals surface area contributed by atoms with Gasteiger partial charge in [-0.15, -0.1) is 11.3 Å². The first kappa shape index (κ1) is 11.1. The number of carbonyl (C=O) groups is 1. The van der Waals surface area contributed by atoms with Crippen LogP contribution in [0.4, 0.5) is 0 Å². The molecule has 5 heteroatoms. The predicted octanol–water partition coefficient (Wildman–Crippen LogP) is 0.896. The fraction of sp³-hybridized carbons (Fsp3) is 0.556. The van der Waals surface area contributed by atoms with Crippen LogP contribution in [0, 0.1) is 13.8 Å². The van der Waals surface area contributed by atoms with Crippen molar-refractivity contribution in [3.63, 3.8) is 0 Å². The lowest BCUT2D eigenvalue weighted by Crippen LogP contribution is -2.30. The molecule has 3 N–H and O–H groups in total. The Balaban J connectivity index is 2.64. The van der Waals surface area contributed by atoms with Crippen molar-refractivity contribution < 1.29 is 4.79 Å². The molecule has 0 saturated heterocycles. The molecule has 0 fully saturated rings. The Labute approximate surface area is 87.5 Å². The second-order valence-corrected chi connectivity index (χ2v) is 4.49. The zero-order valence-electron chi connectivity index (χ0n) is 8.63. The van der Waals surface area contributed by atoms with Crippen LogP contribution in [0.3, 0.4) is 0 Å². The van der Waals surface area contributed by atoms with E-state index >= 15 is 0 Å². The standard InChI is InChI=1S/C9H15N3OS/c1-5(11-4-8(10)13)9-6(2)12-7(3)14-9/h5,11H,4H2,1-3H3,(H2,10,13). The topological polar surface area (TPSA) is 68.0 Å². The number of aromatic nitrogens is 1. The van der Waals surface area contributed by atoms with Crippen LogP contribution in [0.2, 0.25) is 0 Å². The number of hydrogen-bond acceptors (Lipinski definition) is 4. The Kier molecular flexibility index (Phi) is 3.60. The summed E-state index contributed by atoms with van der Waals surface area (Å²) < 4.78 is 0. The minimum atomic E-state index is -0.337. The van der Waals surface area contributed by atoms with E-state index in [9.17, 15) is 4.79 Å².